The number of rotatable bonds is 4. The summed E-state index contributed by atoms with van der Waals surface area (Å²) in [5, 5.41) is 0.0941. The van der Waals surface area contributed by atoms with Gasteiger partial charge in [-0.05, 0) is 35.9 Å². The van der Waals surface area contributed by atoms with Crippen molar-refractivity contribution in [2.24, 2.45) is 0 Å². The van der Waals surface area contributed by atoms with Gasteiger partial charge in [0.25, 0.3) is 0 Å². The Morgan fingerprint density at radius 3 is 2.71 bits per heavy atom. The summed E-state index contributed by atoms with van der Waals surface area (Å²) in [5.74, 6) is -0.433. The van der Waals surface area contributed by atoms with Crippen LogP contribution in [0, 0.1) is 11.6 Å². The maximum Gasteiger partial charge on any atom is 0.200 e. The van der Waals surface area contributed by atoms with E-state index in [1.807, 2.05) is 0 Å². The molecule has 0 aliphatic rings. The number of aromatic nitrogens is 4. The van der Waals surface area contributed by atoms with Crippen LogP contribution in [-0.2, 0) is 13.0 Å². The van der Waals surface area contributed by atoms with Gasteiger partial charge in [0.05, 0.1) is 17.3 Å². The molecule has 0 fully saturated rings. The van der Waals surface area contributed by atoms with Crippen LogP contribution in [0.25, 0.3) is 33.3 Å². The van der Waals surface area contributed by atoms with Crippen LogP contribution in [0.1, 0.15) is 5.76 Å². The molecular weight excluding hydrogens is 404 g/mol. The second-order valence-corrected chi connectivity index (χ2v) is 7.00. The van der Waals surface area contributed by atoms with E-state index in [9.17, 15) is 13.6 Å². The SMILES string of the molecule is Nc1ncnc2c1ncn2CCc1oc2ccc(F)cc2c(=O)c1-c1cccc(F)c1. The van der Waals surface area contributed by atoms with E-state index in [4.69, 9.17) is 10.2 Å². The number of fused-ring (bicyclic) bond motifs is 2. The van der Waals surface area contributed by atoms with Crippen molar-refractivity contribution < 1.29 is 13.2 Å². The van der Waals surface area contributed by atoms with Gasteiger partial charge in [-0.1, -0.05) is 12.1 Å². The largest absolute Gasteiger partial charge is 0.460 e. The number of hydrogen-bond donors (Lipinski definition) is 1. The molecule has 5 rings (SSSR count). The molecule has 154 valence electrons. The topological polar surface area (TPSA) is 99.8 Å². The Morgan fingerprint density at radius 2 is 1.87 bits per heavy atom. The lowest BCUT2D eigenvalue weighted by atomic mass is 10.0. The Kier molecular flexibility index (Phi) is 4.43. The van der Waals surface area contributed by atoms with Crippen molar-refractivity contribution in [3.8, 4) is 11.1 Å². The fourth-order valence-electron chi connectivity index (χ4n) is 3.61. The number of anilines is 1. The Bertz CT molecular complexity index is 1510. The highest BCUT2D eigenvalue weighted by atomic mass is 19.1. The predicted molar refractivity (Wildman–Crippen MR) is 111 cm³/mol. The Morgan fingerprint density at radius 1 is 1.03 bits per heavy atom. The Balaban J connectivity index is 1.64. The van der Waals surface area contributed by atoms with Gasteiger partial charge in [-0.15, -0.1) is 0 Å². The van der Waals surface area contributed by atoms with Gasteiger partial charge in [0.2, 0.25) is 5.43 Å². The molecule has 5 aromatic rings. The summed E-state index contributed by atoms with van der Waals surface area (Å²) in [7, 11) is 0. The molecule has 0 aliphatic heterocycles. The number of imidazole rings is 1. The van der Waals surface area contributed by atoms with E-state index in [2.05, 4.69) is 15.0 Å². The highest BCUT2D eigenvalue weighted by Gasteiger charge is 2.18. The third-order valence-electron chi connectivity index (χ3n) is 5.05. The lowest BCUT2D eigenvalue weighted by Gasteiger charge is -2.11. The zero-order chi connectivity index (χ0) is 21.5. The summed E-state index contributed by atoms with van der Waals surface area (Å²) in [6, 6.07) is 9.41. The van der Waals surface area contributed by atoms with Gasteiger partial charge in [-0.25, -0.2) is 23.7 Å². The van der Waals surface area contributed by atoms with Crippen LogP contribution < -0.4 is 11.2 Å². The van der Waals surface area contributed by atoms with E-state index < -0.39 is 17.1 Å². The number of aryl methyl sites for hydroxylation is 2. The first kappa shape index (κ1) is 18.9. The van der Waals surface area contributed by atoms with Gasteiger partial charge in [-0.3, -0.25) is 4.79 Å². The molecule has 31 heavy (non-hydrogen) atoms. The average Bonchev–Trinajstić information content (AvgIpc) is 3.17. The van der Waals surface area contributed by atoms with Gasteiger partial charge >= 0.3 is 0 Å². The highest BCUT2D eigenvalue weighted by molar-refractivity contribution is 5.83. The van der Waals surface area contributed by atoms with Crippen LogP contribution in [0.2, 0.25) is 0 Å². The number of hydrogen-bond acceptors (Lipinski definition) is 6. The van der Waals surface area contributed by atoms with Crippen molar-refractivity contribution in [3.05, 3.63) is 82.7 Å². The van der Waals surface area contributed by atoms with Gasteiger partial charge < -0.3 is 14.7 Å². The minimum Gasteiger partial charge on any atom is -0.460 e. The molecule has 3 aromatic heterocycles. The van der Waals surface area contributed by atoms with Crippen molar-refractivity contribution in [2.45, 2.75) is 13.0 Å². The molecule has 0 atom stereocenters. The first-order chi connectivity index (χ1) is 15.0. The van der Waals surface area contributed by atoms with Crippen molar-refractivity contribution in [2.75, 3.05) is 5.73 Å². The number of halogens is 2. The minimum atomic E-state index is -0.556. The predicted octanol–water partition coefficient (Wildman–Crippen LogP) is 3.70. The standard InChI is InChI=1S/C22H15F2N5O2/c23-13-3-1-2-12(8-13)18-17(31-16-5-4-14(24)9-15(16)20(18)30)6-7-29-11-28-19-21(25)26-10-27-22(19)29/h1-5,8-11H,6-7H2,(H2,25,26,27). The molecular formula is C22H15F2N5O2. The molecule has 2 N–H and O–H groups in total. The Hall–Kier alpha value is -4.14. The second kappa shape index (κ2) is 7.28. The van der Waals surface area contributed by atoms with Gasteiger partial charge in [0.15, 0.2) is 11.5 Å². The number of benzene rings is 2. The summed E-state index contributed by atoms with van der Waals surface area (Å²) >= 11 is 0. The van der Waals surface area contributed by atoms with E-state index in [0.29, 0.717) is 29.0 Å². The van der Waals surface area contributed by atoms with Crippen molar-refractivity contribution in [3.63, 3.8) is 0 Å². The van der Waals surface area contributed by atoms with Crippen molar-refractivity contribution in [1.82, 2.24) is 19.5 Å². The van der Waals surface area contributed by atoms with Crippen LogP contribution in [0.4, 0.5) is 14.6 Å². The first-order valence-electron chi connectivity index (χ1n) is 9.44. The first-order valence-corrected chi connectivity index (χ1v) is 9.44. The number of nitrogen functional groups attached to an aromatic ring is 1. The number of nitrogens with two attached hydrogens (primary N) is 1. The van der Waals surface area contributed by atoms with Crippen molar-refractivity contribution >= 4 is 28.0 Å². The van der Waals surface area contributed by atoms with Crippen LogP contribution in [0.15, 0.2) is 64.3 Å². The lowest BCUT2D eigenvalue weighted by Crippen LogP contribution is -2.12. The van der Waals surface area contributed by atoms with E-state index in [1.165, 1.54) is 36.7 Å². The van der Waals surface area contributed by atoms with Crippen LogP contribution >= 0.6 is 0 Å². The molecule has 3 heterocycles. The molecule has 9 heteroatoms. The van der Waals surface area contributed by atoms with E-state index in [-0.39, 0.29) is 28.8 Å². The fourth-order valence-corrected chi connectivity index (χ4v) is 3.61. The van der Waals surface area contributed by atoms with Crippen molar-refractivity contribution in [1.29, 1.82) is 0 Å². The molecule has 0 amide bonds. The highest BCUT2D eigenvalue weighted by Crippen LogP contribution is 2.27. The molecule has 2 aromatic carbocycles. The van der Waals surface area contributed by atoms with Crippen LogP contribution in [-0.4, -0.2) is 19.5 Å². The maximum absolute atomic E-state index is 13.9. The molecule has 0 radical (unpaired) electrons. The average molecular weight is 419 g/mol. The zero-order valence-electron chi connectivity index (χ0n) is 16.0. The molecule has 0 aliphatic carbocycles. The third-order valence-corrected chi connectivity index (χ3v) is 5.05. The second-order valence-electron chi connectivity index (χ2n) is 7.00. The quantitative estimate of drug-likeness (QED) is 0.477. The monoisotopic (exact) mass is 419 g/mol. The van der Waals surface area contributed by atoms with Crippen LogP contribution in [0.5, 0.6) is 0 Å². The van der Waals surface area contributed by atoms with Crippen LogP contribution in [0.3, 0.4) is 0 Å². The van der Waals surface area contributed by atoms with E-state index >= 15 is 0 Å². The molecule has 7 nitrogen and oxygen atoms in total. The molecule has 0 saturated carbocycles. The summed E-state index contributed by atoms with van der Waals surface area (Å²) in [4.78, 5) is 25.6. The molecule has 0 bridgehead atoms. The van der Waals surface area contributed by atoms with Gasteiger partial charge in [-0.2, -0.15) is 0 Å². The molecule has 0 unspecified atom stereocenters. The number of nitrogens with zero attached hydrogens (tertiary/aromatic N) is 4. The van der Waals surface area contributed by atoms with E-state index in [1.54, 1.807) is 17.0 Å². The third kappa shape index (κ3) is 3.29. The minimum absolute atomic E-state index is 0.0941. The molecule has 0 saturated heterocycles. The summed E-state index contributed by atoms with van der Waals surface area (Å²) in [6.45, 7) is 0.366. The smallest absolute Gasteiger partial charge is 0.200 e. The summed E-state index contributed by atoms with van der Waals surface area (Å²) in [6.07, 6.45) is 3.20. The normalized spacial score (nSPS) is 11.4. The lowest BCUT2D eigenvalue weighted by molar-refractivity contribution is 0.515. The fraction of sp³-hybridized carbons (Fsp3) is 0.0909. The maximum atomic E-state index is 13.9. The zero-order valence-corrected chi connectivity index (χ0v) is 16.0. The summed E-state index contributed by atoms with van der Waals surface area (Å²) < 4.78 is 35.4. The summed E-state index contributed by atoms with van der Waals surface area (Å²) in [5.41, 5.74) is 7.23. The van der Waals surface area contributed by atoms with Gasteiger partial charge in [0.1, 0.15) is 34.8 Å². The molecule has 0 spiro atoms. The Labute approximate surface area is 173 Å². The van der Waals surface area contributed by atoms with E-state index in [0.717, 1.165) is 6.07 Å². The van der Waals surface area contributed by atoms with Gasteiger partial charge in [0, 0.05) is 13.0 Å².